The zero-order valence-electron chi connectivity index (χ0n) is 12.8. The lowest BCUT2D eigenvalue weighted by atomic mass is 10.0. The molecule has 2 aromatic carbocycles. The summed E-state index contributed by atoms with van der Waals surface area (Å²) in [4.78, 5) is 16.9. The van der Waals surface area contributed by atoms with Gasteiger partial charge >= 0.3 is 0 Å². The van der Waals surface area contributed by atoms with Crippen molar-refractivity contribution in [2.45, 2.75) is 6.92 Å². The number of aromatic nitrogens is 1. The number of pyridine rings is 1. The molecule has 0 saturated heterocycles. The normalized spacial score (nSPS) is 10.4. The molecule has 0 bridgehead atoms. The van der Waals surface area contributed by atoms with Gasteiger partial charge in [-0.25, -0.2) is 4.98 Å². The molecule has 3 aromatic rings. The van der Waals surface area contributed by atoms with E-state index < -0.39 is 0 Å². The Morgan fingerprint density at radius 1 is 1.08 bits per heavy atom. The van der Waals surface area contributed by atoms with Crippen LogP contribution in [0.1, 0.15) is 16.1 Å². The summed E-state index contributed by atoms with van der Waals surface area (Å²) in [5.74, 6) is 0.364. The van der Waals surface area contributed by atoms with E-state index in [1.165, 1.54) is 0 Å². The van der Waals surface area contributed by atoms with Crippen LogP contribution in [0.3, 0.4) is 0 Å². The Kier molecular flexibility index (Phi) is 5.06. The third-order valence-electron chi connectivity index (χ3n) is 3.52. The number of thiocarbonyl (C=S) groups is 1. The predicted molar refractivity (Wildman–Crippen MR) is 109 cm³/mol. The summed E-state index contributed by atoms with van der Waals surface area (Å²) >= 11 is 7.44. The zero-order valence-corrected chi connectivity index (χ0v) is 15.8. The van der Waals surface area contributed by atoms with Crippen LogP contribution < -0.4 is 10.6 Å². The minimum Gasteiger partial charge on any atom is -0.317 e. The van der Waals surface area contributed by atoms with Crippen molar-refractivity contribution in [1.29, 1.82) is 0 Å². The van der Waals surface area contributed by atoms with Gasteiger partial charge in [0.25, 0.3) is 5.91 Å². The number of nitrogens with one attached hydrogen (secondary N) is 2. The summed E-state index contributed by atoms with van der Waals surface area (Å²) in [5, 5.41) is 7.78. The van der Waals surface area contributed by atoms with Crippen LogP contribution in [0.5, 0.6) is 0 Å². The monoisotopic (exact) mass is 447 g/mol. The average molecular weight is 447 g/mol. The van der Waals surface area contributed by atoms with Gasteiger partial charge in [-0.3, -0.25) is 10.1 Å². The van der Waals surface area contributed by atoms with Gasteiger partial charge in [0.2, 0.25) is 0 Å². The van der Waals surface area contributed by atoms with E-state index in [-0.39, 0.29) is 11.0 Å². The van der Waals surface area contributed by atoms with Crippen LogP contribution in [0, 0.1) is 10.5 Å². The molecule has 24 heavy (non-hydrogen) atoms. The molecule has 120 valence electrons. The number of carbonyl (C=O) groups excluding carboxylic acids is 1. The van der Waals surface area contributed by atoms with Crippen molar-refractivity contribution in [3.05, 3.63) is 69.4 Å². The van der Waals surface area contributed by atoms with E-state index in [0.29, 0.717) is 11.4 Å². The van der Waals surface area contributed by atoms with Crippen LogP contribution in [-0.2, 0) is 0 Å². The summed E-state index contributed by atoms with van der Waals surface area (Å²) in [6, 6.07) is 17.1. The number of halogens is 1. The van der Waals surface area contributed by atoms with Crippen LogP contribution >= 0.6 is 34.8 Å². The molecule has 0 unspecified atom stereocenters. The molecule has 3 rings (SSSR count). The van der Waals surface area contributed by atoms with E-state index in [2.05, 4.69) is 38.2 Å². The highest BCUT2D eigenvalue weighted by molar-refractivity contribution is 14.1. The molecule has 4 nitrogen and oxygen atoms in total. The Bertz CT molecular complexity index is 937. The standard InChI is InChI=1S/C18H14IN3OS/c1-11-15(19)9-10-16(20-11)21-18(24)22-17(23)14-8-4-6-12-5-2-3-7-13(12)14/h2-10H,1H3,(H2,20,21,22,23,24). The minimum absolute atomic E-state index is 0.223. The van der Waals surface area contributed by atoms with Crippen molar-refractivity contribution >= 4 is 62.4 Å². The summed E-state index contributed by atoms with van der Waals surface area (Å²) < 4.78 is 1.07. The maximum Gasteiger partial charge on any atom is 0.258 e. The van der Waals surface area contributed by atoms with Gasteiger partial charge in [0, 0.05) is 9.13 Å². The third-order valence-corrected chi connectivity index (χ3v) is 4.87. The number of benzene rings is 2. The molecular weight excluding hydrogens is 433 g/mol. The van der Waals surface area contributed by atoms with Gasteiger partial charge in [0.15, 0.2) is 5.11 Å². The van der Waals surface area contributed by atoms with E-state index in [0.717, 1.165) is 20.0 Å². The van der Waals surface area contributed by atoms with Gasteiger partial charge in [-0.2, -0.15) is 0 Å². The van der Waals surface area contributed by atoms with E-state index in [1.807, 2.05) is 55.5 Å². The molecule has 0 saturated carbocycles. The summed E-state index contributed by atoms with van der Waals surface area (Å²) in [5.41, 5.74) is 1.49. The molecule has 1 aromatic heterocycles. The van der Waals surface area contributed by atoms with Crippen LogP contribution in [0.2, 0.25) is 0 Å². The number of anilines is 1. The first-order chi connectivity index (χ1) is 11.5. The first kappa shape index (κ1) is 16.8. The second-order valence-electron chi connectivity index (χ2n) is 5.20. The van der Waals surface area contributed by atoms with Gasteiger partial charge in [0.05, 0.1) is 5.69 Å². The molecule has 2 N–H and O–H groups in total. The summed E-state index contributed by atoms with van der Waals surface area (Å²) in [7, 11) is 0. The SMILES string of the molecule is Cc1nc(NC(=S)NC(=O)c2cccc3ccccc23)ccc1I. The number of hydrogen-bond donors (Lipinski definition) is 2. The number of amides is 1. The van der Waals surface area contributed by atoms with Gasteiger partial charge < -0.3 is 5.32 Å². The Morgan fingerprint density at radius 3 is 2.62 bits per heavy atom. The van der Waals surface area contributed by atoms with Gasteiger partial charge in [-0.15, -0.1) is 0 Å². The Hall–Kier alpha value is -2.06. The lowest BCUT2D eigenvalue weighted by Gasteiger charge is -2.11. The van der Waals surface area contributed by atoms with E-state index >= 15 is 0 Å². The smallest absolute Gasteiger partial charge is 0.258 e. The van der Waals surface area contributed by atoms with Crippen LogP contribution in [0.4, 0.5) is 5.82 Å². The molecule has 0 spiro atoms. The fourth-order valence-electron chi connectivity index (χ4n) is 2.36. The molecule has 0 atom stereocenters. The Morgan fingerprint density at radius 2 is 1.83 bits per heavy atom. The second-order valence-corrected chi connectivity index (χ2v) is 6.77. The molecule has 0 radical (unpaired) electrons. The number of aryl methyl sites for hydroxylation is 1. The van der Waals surface area contributed by atoms with E-state index in [1.54, 1.807) is 6.07 Å². The molecule has 0 fully saturated rings. The topological polar surface area (TPSA) is 54.0 Å². The highest BCUT2D eigenvalue weighted by Gasteiger charge is 2.11. The first-order valence-electron chi connectivity index (χ1n) is 7.28. The minimum atomic E-state index is -0.244. The van der Waals surface area contributed by atoms with Crippen molar-refractivity contribution in [2.75, 3.05) is 5.32 Å². The third kappa shape index (κ3) is 3.70. The molecule has 1 heterocycles. The largest absolute Gasteiger partial charge is 0.317 e. The average Bonchev–Trinajstić information content (AvgIpc) is 2.57. The summed E-state index contributed by atoms with van der Waals surface area (Å²) in [6.45, 7) is 1.92. The van der Waals surface area contributed by atoms with Gasteiger partial charge in [0.1, 0.15) is 5.82 Å². The fourth-order valence-corrected chi connectivity index (χ4v) is 2.85. The predicted octanol–water partition coefficient (Wildman–Crippen LogP) is 4.27. The molecule has 0 aliphatic rings. The fraction of sp³-hybridized carbons (Fsp3) is 0.0556. The van der Waals surface area contributed by atoms with Crippen LogP contribution in [0.15, 0.2) is 54.6 Å². The van der Waals surface area contributed by atoms with Crippen molar-refractivity contribution in [3.8, 4) is 0 Å². The summed E-state index contributed by atoms with van der Waals surface area (Å²) in [6.07, 6.45) is 0. The molecular formula is C18H14IN3OS. The van der Waals surface area contributed by atoms with Crippen LogP contribution in [-0.4, -0.2) is 16.0 Å². The number of carbonyl (C=O) groups is 1. The molecule has 0 aliphatic heterocycles. The number of hydrogen-bond acceptors (Lipinski definition) is 3. The quantitative estimate of drug-likeness (QED) is 0.455. The molecule has 6 heteroatoms. The van der Waals surface area contributed by atoms with Crippen LogP contribution in [0.25, 0.3) is 10.8 Å². The van der Waals surface area contributed by atoms with E-state index in [4.69, 9.17) is 12.2 Å². The highest BCUT2D eigenvalue weighted by Crippen LogP contribution is 2.18. The van der Waals surface area contributed by atoms with Gasteiger partial charge in [-0.05, 0) is 70.7 Å². The number of fused-ring (bicyclic) bond motifs is 1. The van der Waals surface area contributed by atoms with Crippen molar-refractivity contribution in [3.63, 3.8) is 0 Å². The highest BCUT2D eigenvalue weighted by atomic mass is 127. The molecule has 1 amide bonds. The van der Waals surface area contributed by atoms with Crippen molar-refractivity contribution in [1.82, 2.24) is 10.3 Å². The van der Waals surface area contributed by atoms with Crippen molar-refractivity contribution < 1.29 is 4.79 Å². The van der Waals surface area contributed by atoms with Gasteiger partial charge in [-0.1, -0.05) is 36.4 Å². The maximum absolute atomic E-state index is 12.5. The molecule has 0 aliphatic carbocycles. The lowest BCUT2D eigenvalue weighted by Crippen LogP contribution is -2.34. The van der Waals surface area contributed by atoms with E-state index in [9.17, 15) is 4.79 Å². The maximum atomic E-state index is 12.5. The van der Waals surface area contributed by atoms with Crippen molar-refractivity contribution in [2.24, 2.45) is 0 Å². The Labute approximate surface area is 158 Å². The number of rotatable bonds is 2. The lowest BCUT2D eigenvalue weighted by molar-refractivity contribution is 0.0979. The Balaban J connectivity index is 1.76. The first-order valence-corrected chi connectivity index (χ1v) is 8.76. The number of nitrogens with zero attached hydrogens (tertiary/aromatic N) is 1. The zero-order chi connectivity index (χ0) is 17.1. The second kappa shape index (κ2) is 7.23.